The lowest BCUT2D eigenvalue weighted by molar-refractivity contribution is 0.0449. The Balaban J connectivity index is 1.97. The normalized spacial score (nSPS) is 21.9. The highest BCUT2D eigenvalue weighted by Crippen LogP contribution is 2.30. The van der Waals surface area contributed by atoms with Crippen LogP contribution in [0.2, 0.25) is 0 Å². The van der Waals surface area contributed by atoms with E-state index in [2.05, 4.69) is 23.2 Å². The molecule has 2 heterocycles. The van der Waals surface area contributed by atoms with E-state index in [1.165, 1.54) is 10.9 Å². The smallest absolute Gasteiger partial charge is 0.0512 e. The van der Waals surface area contributed by atoms with E-state index in [1.807, 2.05) is 18.5 Å². The van der Waals surface area contributed by atoms with Crippen molar-refractivity contribution in [2.24, 2.45) is 11.7 Å². The lowest BCUT2D eigenvalue weighted by Gasteiger charge is -2.28. The predicted molar refractivity (Wildman–Crippen MR) is 72.2 cm³/mol. The number of aromatic nitrogens is 1. The van der Waals surface area contributed by atoms with E-state index >= 15 is 0 Å². The van der Waals surface area contributed by atoms with Crippen molar-refractivity contribution in [3.05, 3.63) is 42.2 Å². The summed E-state index contributed by atoms with van der Waals surface area (Å²) in [7, 11) is 0. The Kier molecular flexibility index (Phi) is 3.26. The van der Waals surface area contributed by atoms with Crippen LogP contribution in [-0.2, 0) is 4.74 Å². The number of fused-ring (bicyclic) bond motifs is 1. The van der Waals surface area contributed by atoms with Crippen LogP contribution in [0, 0.1) is 5.92 Å². The average molecular weight is 242 g/mol. The van der Waals surface area contributed by atoms with Gasteiger partial charge >= 0.3 is 0 Å². The Morgan fingerprint density at radius 2 is 2.28 bits per heavy atom. The first-order valence-electron chi connectivity index (χ1n) is 6.52. The molecule has 1 aliphatic heterocycles. The first-order valence-corrected chi connectivity index (χ1v) is 6.52. The first kappa shape index (κ1) is 11.6. The minimum absolute atomic E-state index is 0.0522. The van der Waals surface area contributed by atoms with Gasteiger partial charge in [-0.15, -0.1) is 0 Å². The maximum atomic E-state index is 6.44. The van der Waals surface area contributed by atoms with Gasteiger partial charge in [-0.25, -0.2) is 0 Å². The van der Waals surface area contributed by atoms with Crippen molar-refractivity contribution in [2.45, 2.75) is 18.9 Å². The number of nitrogens with two attached hydrogens (primary N) is 1. The molecule has 1 fully saturated rings. The number of rotatable bonds is 2. The van der Waals surface area contributed by atoms with E-state index in [9.17, 15) is 0 Å². The summed E-state index contributed by atoms with van der Waals surface area (Å²) >= 11 is 0. The summed E-state index contributed by atoms with van der Waals surface area (Å²) in [6.45, 7) is 1.66. The molecule has 2 atom stereocenters. The summed E-state index contributed by atoms with van der Waals surface area (Å²) in [6.07, 6.45) is 5.99. The third-order valence-corrected chi connectivity index (χ3v) is 3.78. The number of hydrogen-bond acceptors (Lipinski definition) is 3. The molecule has 0 spiro atoms. The molecule has 0 bridgehead atoms. The van der Waals surface area contributed by atoms with Gasteiger partial charge in [0.2, 0.25) is 0 Å². The fraction of sp³-hybridized carbons (Fsp3) is 0.400. The Morgan fingerprint density at radius 1 is 1.33 bits per heavy atom. The lowest BCUT2D eigenvalue weighted by Crippen LogP contribution is -2.29. The van der Waals surface area contributed by atoms with Crippen LogP contribution in [0.15, 0.2) is 36.7 Å². The van der Waals surface area contributed by atoms with Crippen molar-refractivity contribution >= 4 is 10.8 Å². The van der Waals surface area contributed by atoms with E-state index in [0.29, 0.717) is 5.92 Å². The van der Waals surface area contributed by atoms with Crippen LogP contribution < -0.4 is 5.73 Å². The Bertz CT molecular complexity index is 530. The minimum Gasteiger partial charge on any atom is -0.381 e. The van der Waals surface area contributed by atoms with Gasteiger partial charge in [0.05, 0.1) is 6.61 Å². The highest BCUT2D eigenvalue weighted by Gasteiger charge is 2.23. The number of hydrogen-bond donors (Lipinski definition) is 1. The maximum absolute atomic E-state index is 6.44. The largest absolute Gasteiger partial charge is 0.381 e. The fourth-order valence-electron chi connectivity index (χ4n) is 2.74. The molecule has 94 valence electrons. The van der Waals surface area contributed by atoms with Crippen molar-refractivity contribution in [1.82, 2.24) is 4.98 Å². The van der Waals surface area contributed by atoms with Crippen LogP contribution in [0.3, 0.4) is 0 Å². The summed E-state index contributed by atoms with van der Waals surface area (Å²) < 4.78 is 5.54. The highest BCUT2D eigenvalue weighted by atomic mass is 16.5. The van der Waals surface area contributed by atoms with Crippen molar-refractivity contribution in [3.63, 3.8) is 0 Å². The lowest BCUT2D eigenvalue weighted by atomic mass is 9.87. The fourth-order valence-corrected chi connectivity index (χ4v) is 2.74. The van der Waals surface area contributed by atoms with Gasteiger partial charge in [0, 0.05) is 36.3 Å². The second-order valence-corrected chi connectivity index (χ2v) is 4.95. The molecule has 0 radical (unpaired) electrons. The van der Waals surface area contributed by atoms with E-state index in [4.69, 9.17) is 10.5 Å². The van der Waals surface area contributed by atoms with E-state index < -0.39 is 0 Å². The Morgan fingerprint density at radius 3 is 3.11 bits per heavy atom. The van der Waals surface area contributed by atoms with E-state index in [-0.39, 0.29) is 6.04 Å². The molecule has 1 aromatic carbocycles. The molecule has 1 aromatic heterocycles. The SMILES string of the molecule is NC(c1cccc2cnccc12)C1CCCOC1. The van der Waals surface area contributed by atoms with E-state index in [1.54, 1.807) is 0 Å². The average Bonchev–Trinajstić information content (AvgIpc) is 2.47. The van der Waals surface area contributed by atoms with Gasteiger partial charge in [-0.05, 0) is 29.9 Å². The maximum Gasteiger partial charge on any atom is 0.0512 e. The summed E-state index contributed by atoms with van der Waals surface area (Å²) in [5.74, 6) is 0.428. The molecule has 18 heavy (non-hydrogen) atoms. The molecule has 0 saturated carbocycles. The summed E-state index contributed by atoms with van der Waals surface area (Å²) in [6, 6.07) is 8.37. The van der Waals surface area contributed by atoms with Gasteiger partial charge in [0.1, 0.15) is 0 Å². The van der Waals surface area contributed by atoms with Crippen LogP contribution in [0.5, 0.6) is 0 Å². The van der Waals surface area contributed by atoms with Crippen molar-refractivity contribution < 1.29 is 4.74 Å². The molecular formula is C15H18N2O. The van der Waals surface area contributed by atoms with Crippen molar-refractivity contribution in [1.29, 1.82) is 0 Å². The number of ether oxygens (including phenoxy) is 1. The number of pyridine rings is 1. The van der Waals surface area contributed by atoms with Crippen LogP contribution in [0.4, 0.5) is 0 Å². The van der Waals surface area contributed by atoms with Gasteiger partial charge in [0.25, 0.3) is 0 Å². The molecule has 3 nitrogen and oxygen atoms in total. The topological polar surface area (TPSA) is 48.1 Å². The van der Waals surface area contributed by atoms with Crippen LogP contribution in [0.25, 0.3) is 10.8 Å². The third kappa shape index (κ3) is 2.11. The van der Waals surface area contributed by atoms with E-state index in [0.717, 1.165) is 31.4 Å². The summed E-state index contributed by atoms with van der Waals surface area (Å²) in [5, 5.41) is 2.37. The van der Waals surface area contributed by atoms with Gasteiger partial charge in [-0.1, -0.05) is 18.2 Å². The molecule has 2 aromatic rings. The summed E-state index contributed by atoms with van der Waals surface area (Å²) in [5.41, 5.74) is 7.65. The predicted octanol–water partition coefficient (Wildman–Crippen LogP) is 2.66. The van der Waals surface area contributed by atoms with Crippen LogP contribution >= 0.6 is 0 Å². The highest BCUT2D eigenvalue weighted by molar-refractivity contribution is 5.85. The number of nitrogens with zero attached hydrogens (tertiary/aromatic N) is 1. The molecule has 2 N–H and O–H groups in total. The quantitative estimate of drug-likeness (QED) is 0.880. The zero-order valence-corrected chi connectivity index (χ0v) is 10.4. The zero-order valence-electron chi connectivity index (χ0n) is 10.4. The van der Waals surface area contributed by atoms with Gasteiger partial charge in [-0.2, -0.15) is 0 Å². The molecule has 3 heteroatoms. The zero-order chi connectivity index (χ0) is 12.4. The minimum atomic E-state index is 0.0522. The third-order valence-electron chi connectivity index (χ3n) is 3.78. The molecule has 1 saturated heterocycles. The molecular weight excluding hydrogens is 224 g/mol. The second-order valence-electron chi connectivity index (χ2n) is 4.95. The van der Waals surface area contributed by atoms with Crippen LogP contribution in [-0.4, -0.2) is 18.2 Å². The summed E-state index contributed by atoms with van der Waals surface area (Å²) in [4.78, 5) is 4.16. The van der Waals surface area contributed by atoms with Gasteiger partial charge in [0.15, 0.2) is 0 Å². The van der Waals surface area contributed by atoms with Crippen molar-refractivity contribution in [3.8, 4) is 0 Å². The first-order chi connectivity index (χ1) is 8.86. The molecule has 1 aliphatic rings. The second kappa shape index (κ2) is 5.04. The Labute approximate surface area is 107 Å². The number of benzene rings is 1. The van der Waals surface area contributed by atoms with Crippen molar-refractivity contribution in [2.75, 3.05) is 13.2 Å². The van der Waals surface area contributed by atoms with Gasteiger partial charge in [-0.3, -0.25) is 4.98 Å². The monoisotopic (exact) mass is 242 g/mol. The van der Waals surface area contributed by atoms with Gasteiger partial charge < -0.3 is 10.5 Å². The molecule has 3 rings (SSSR count). The molecule has 0 amide bonds. The molecule has 0 aliphatic carbocycles. The van der Waals surface area contributed by atoms with Crippen LogP contribution in [0.1, 0.15) is 24.4 Å². The Hall–Kier alpha value is -1.45. The molecule has 2 unspecified atom stereocenters. The standard InChI is InChI=1S/C15H18N2O/c16-15(12-4-2-8-18-10-12)14-5-1-3-11-9-17-7-6-13(11)14/h1,3,5-7,9,12,15H,2,4,8,10,16H2.